The number of thiazole rings is 1. The predicted octanol–water partition coefficient (Wildman–Crippen LogP) is 1.35. The first-order valence-corrected chi connectivity index (χ1v) is 7.90. The monoisotopic (exact) mass is 336 g/mol. The summed E-state index contributed by atoms with van der Waals surface area (Å²) in [6.07, 6.45) is -0.822. The van der Waals surface area contributed by atoms with Gasteiger partial charge in [-0.05, 0) is 19.1 Å². The number of nitrogens with one attached hydrogen (secondary N) is 1. The van der Waals surface area contributed by atoms with Crippen molar-refractivity contribution < 1.29 is 24.1 Å². The summed E-state index contributed by atoms with van der Waals surface area (Å²) in [5, 5.41) is 12.6. The molecule has 1 aromatic carbocycles. The fourth-order valence-corrected chi connectivity index (χ4v) is 2.75. The summed E-state index contributed by atoms with van der Waals surface area (Å²) in [4.78, 5) is 16.5. The molecule has 1 atom stereocenters. The van der Waals surface area contributed by atoms with Crippen LogP contribution in [0.15, 0.2) is 23.7 Å². The zero-order chi connectivity index (χ0) is 16.2. The highest BCUT2D eigenvalue weighted by molar-refractivity contribution is 7.11. The van der Waals surface area contributed by atoms with E-state index in [9.17, 15) is 9.90 Å². The molecular formula is C15H16N2O5S. The third-order valence-corrected chi connectivity index (χ3v) is 4.16. The Kier molecular flexibility index (Phi) is 4.63. The number of aromatic nitrogens is 1. The zero-order valence-corrected chi connectivity index (χ0v) is 13.3. The minimum Gasteiger partial charge on any atom is -0.491 e. The highest BCUT2D eigenvalue weighted by Gasteiger charge is 2.16. The SMILES string of the molecule is Cc1ncsc1C(=O)NCC(O)COc1ccc2c(c1)OCO2. The zero-order valence-electron chi connectivity index (χ0n) is 12.4. The second-order valence-electron chi connectivity index (χ2n) is 4.96. The minimum atomic E-state index is -0.822. The van der Waals surface area contributed by atoms with Crippen molar-refractivity contribution in [2.45, 2.75) is 13.0 Å². The molecule has 2 heterocycles. The highest BCUT2D eigenvalue weighted by atomic mass is 32.1. The molecule has 122 valence electrons. The van der Waals surface area contributed by atoms with Gasteiger partial charge in [0.05, 0.1) is 11.2 Å². The summed E-state index contributed by atoms with van der Waals surface area (Å²) in [7, 11) is 0. The molecule has 1 unspecified atom stereocenters. The van der Waals surface area contributed by atoms with Gasteiger partial charge in [-0.15, -0.1) is 11.3 Å². The first-order valence-electron chi connectivity index (χ1n) is 7.02. The summed E-state index contributed by atoms with van der Waals surface area (Å²) < 4.78 is 16.0. The van der Waals surface area contributed by atoms with Crippen molar-refractivity contribution in [3.8, 4) is 17.2 Å². The van der Waals surface area contributed by atoms with Crippen molar-refractivity contribution in [2.75, 3.05) is 19.9 Å². The Labute approximate surface area is 136 Å². The Bertz CT molecular complexity index is 703. The molecule has 0 aliphatic carbocycles. The lowest BCUT2D eigenvalue weighted by molar-refractivity contribution is 0.0846. The van der Waals surface area contributed by atoms with E-state index in [1.807, 2.05) is 0 Å². The van der Waals surface area contributed by atoms with Crippen molar-refractivity contribution in [1.82, 2.24) is 10.3 Å². The molecule has 0 radical (unpaired) electrons. The fourth-order valence-electron chi connectivity index (χ4n) is 2.03. The quantitative estimate of drug-likeness (QED) is 0.828. The number of aliphatic hydroxyl groups is 1. The number of nitrogens with zero attached hydrogens (tertiary/aromatic N) is 1. The topological polar surface area (TPSA) is 89.9 Å². The van der Waals surface area contributed by atoms with Crippen molar-refractivity contribution in [1.29, 1.82) is 0 Å². The van der Waals surface area contributed by atoms with Gasteiger partial charge in [0.25, 0.3) is 5.91 Å². The van der Waals surface area contributed by atoms with Crippen molar-refractivity contribution >= 4 is 17.2 Å². The average Bonchev–Trinajstić information content (AvgIpc) is 3.18. The molecule has 1 aromatic heterocycles. The molecule has 0 spiro atoms. The van der Waals surface area contributed by atoms with Gasteiger partial charge < -0.3 is 24.6 Å². The van der Waals surface area contributed by atoms with E-state index in [0.29, 0.717) is 27.8 Å². The van der Waals surface area contributed by atoms with Crippen LogP contribution in [-0.4, -0.2) is 42.0 Å². The molecule has 7 nitrogen and oxygen atoms in total. The van der Waals surface area contributed by atoms with Gasteiger partial charge >= 0.3 is 0 Å². The molecule has 0 bridgehead atoms. The van der Waals surface area contributed by atoms with Gasteiger partial charge in [0.1, 0.15) is 23.3 Å². The number of ether oxygens (including phenoxy) is 3. The number of hydrogen-bond acceptors (Lipinski definition) is 7. The second-order valence-corrected chi connectivity index (χ2v) is 5.81. The van der Waals surface area contributed by atoms with Gasteiger partial charge in [-0.2, -0.15) is 0 Å². The van der Waals surface area contributed by atoms with Gasteiger partial charge in [0, 0.05) is 12.6 Å². The lowest BCUT2D eigenvalue weighted by Gasteiger charge is -2.13. The van der Waals surface area contributed by atoms with Crippen molar-refractivity contribution in [2.24, 2.45) is 0 Å². The third-order valence-electron chi connectivity index (χ3n) is 3.24. The largest absolute Gasteiger partial charge is 0.491 e. The van der Waals surface area contributed by atoms with Crippen LogP contribution in [0.25, 0.3) is 0 Å². The molecule has 3 rings (SSSR count). The maximum Gasteiger partial charge on any atom is 0.263 e. The number of aliphatic hydroxyl groups excluding tert-OH is 1. The first kappa shape index (κ1) is 15.6. The molecule has 2 N–H and O–H groups in total. The van der Waals surface area contributed by atoms with Crippen LogP contribution in [0.1, 0.15) is 15.4 Å². The van der Waals surface area contributed by atoms with E-state index in [0.717, 1.165) is 0 Å². The van der Waals surface area contributed by atoms with Crippen molar-refractivity contribution in [3.63, 3.8) is 0 Å². The molecule has 1 amide bonds. The van der Waals surface area contributed by atoms with Gasteiger partial charge in [0.15, 0.2) is 11.5 Å². The van der Waals surface area contributed by atoms with Crippen molar-refractivity contribution in [3.05, 3.63) is 34.3 Å². The second kappa shape index (κ2) is 6.84. The molecule has 0 fully saturated rings. The third kappa shape index (κ3) is 3.72. The first-order chi connectivity index (χ1) is 11.1. The summed E-state index contributed by atoms with van der Waals surface area (Å²) in [6, 6.07) is 5.19. The maximum atomic E-state index is 11.9. The summed E-state index contributed by atoms with van der Waals surface area (Å²) >= 11 is 1.27. The Morgan fingerprint density at radius 1 is 1.48 bits per heavy atom. The van der Waals surface area contributed by atoms with E-state index in [-0.39, 0.29) is 25.9 Å². The van der Waals surface area contributed by atoms with E-state index in [4.69, 9.17) is 14.2 Å². The van der Waals surface area contributed by atoms with Crippen LogP contribution in [0.4, 0.5) is 0 Å². The lowest BCUT2D eigenvalue weighted by Crippen LogP contribution is -2.35. The standard InChI is InChI=1S/C15H16N2O5S/c1-9-14(23-7-17-9)15(19)16-5-10(18)6-20-11-2-3-12-13(4-11)22-8-21-12/h2-4,7,10,18H,5-6,8H2,1H3,(H,16,19). The number of hydrogen-bond donors (Lipinski definition) is 2. The Hall–Kier alpha value is -2.32. The summed E-state index contributed by atoms with van der Waals surface area (Å²) in [5.74, 6) is 1.61. The smallest absolute Gasteiger partial charge is 0.263 e. The molecule has 0 saturated heterocycles. The molecule has 2 aromatic rings. The van der Waals surface area contributed by atoms with E-state index in [1.54, 1.807) is 30.6 Å². The number of aryl methyl sites for hydroxylation is 1. The van der Waals surface area contributed by atoms with Crippen LogP contribution in [-0.2, 0) is 0 Å². The number of carbonyl (C=O) groups is 1. The van der Waals surface area contributed by atoms with Gasteiger partial charge in [-0.1, -0.05) is 0 Å². The molecule has 23 heavy (non-hydrogen) atoms. The average molecular weight is 336 g/mol. The fraction of sp³-hybridized carbons (Fsp3) is 0.333. The summed E-state index contributed by atoms with van der Waals surface area (Å²) in [5.41, 5.74) is 2.29. The minimum absolute atomic E-state index is 0.0571. The number of rotatable bonds is 6. The molecule has 0 saturated carbocycles. The van der Waals surface area contributed by atoms with Crippen LogP contribution in [0.3, 0.4) is 0 Å². The molecule has 8 heteroatoms. The maximum absolute atomic E-state index is 11.9. The van der Waals surface area contributed by atoms with Gasteiger partial charge in [-0.3, -0.25) is 4.79 Å². The van der Waals surface area contributed by atoms with Crippen LogP contribution in [0.5, 0.6) is 17.2 Å². The normalized spacial score (nSPS) is 13.7. The highest BCUT2D eigenvalue weighted by Crippen LogP contribution is 2.35. The van der Waals surface area contributed by atoms with Crippen LogP contribution >= 0.6 is 11.3 Å². The summed E-state index contributed by atoms with van der Waals surface area (Å²) in [6.45, 7) is 2.12. The van der Waals surface area contributed by atoms with Crippen LogP contribution < -0.4 is 19.5 Å². The van der Waals surface area contributed by atoms with E-state index < -0.39 is 6.10 Å². The number of fused-ring (bicyclic) bond motifs is 1. The number of amides is 1. The number of benzene rings is 1. The lowest BCUT2D eigenvalue weighted by atomic mass is 10.3. The predicted molar refractivity (Wildman–Crippen MR) is 83.3 cm³/mol. The Balaban J connectivity index is 1.45. The Morgan fingerprint density at radius 3 is 3.09 bits per heavy atom. The van der Waals surface area contributed by atoms with E-state index in [2.05, 4.69) is 10.3 Å². The number of carbonyl (C=O) groups excluding carboxylic acids is 1. The Morgan fingerprint density at radius 2 is 2.30 bits per heavy atom. The molecule has 1 aliphatic rings. The van der Waals surface area contributed by atoms with E-state index in [1.165, 1.54) is 11.3 Å². The van der Waals surface area contributed by atoms with Crippen LogP contribution in [0, 0.1) is 6.92 Å². The van der Waals surface area contributed by atoms with Crippen LogP contribution in [0.2, 0.25) is 0 Å². The van der Waals surface area contributed by atoms with E-state index >= 15 is 0 Å². The van der Waals surface area contributed by atoms with Gasteiger partial charge in [0.2, 0.25) is 6.79 Å². The molecular weight excluding hydrogens is 320 g/mol. The molecule has 1 aliphatic heterocycles. The van der Waals surface area contributed by atoms with Gasteiger partial charge in [-0.25, -0.2) is 4.98 Å².